The van der Waals surface area contributed by atoms with Gasteiger partial charge in [-0.2, -0.15) is 0 Å². The smallest absolute Gasteiger partial charge is 0.227 e. The van der Waals surface area contributed by atoms with Gasteiger partial charge >= 0.3 is 0 Å². The lowest BCUT2D eigenvalue weighted by Gasteiger charge is -2.49. The summed E-state index contributed by atoms with van der Waals surface area (Å²) in [6.45, 7) is 11.0. The molecule has 0 radical (unpaired) electrons. The van der Waals surface area contributed by atoms with E-state index in [1.165, 1.54) is 6.42 Å². The molecule has 4 aromatic rings. The summed E-state index contributed by atoms with van der Waals surface area (Å²) in [5.74, 6) is -0.698. The highest BCUT2D eigenvalue weighted by molar-refractivity contribution is 6.08. The molecule has 0 atom stereocenters. The van der Waals surface area contributed by atoms with Gasteiger partial charge in [-0.05, 0) is 72.4 Å². The van der Waals surface area contributed by atoms with E-state index in [4.69, 9.17) is 9.40 Å². The van der Waals surface area contributed by atoms with Gasteiger partial charge in [0.15, 0.2) is 0 Å². The molecule has 5 rings (SSSR count). The first kappa shape index (κ1) is 18.1. The molecule has 1 aliphatic carbocycles. The van der Waals surface area contributed by atoms with Crippen molar-refractivity contribution in [1.29, 1.82) is 0 Å². The van der Waals surface area contributed by atoms with Crippen LogP contribution in [0.5, 0.6) is 0 Å². The largest absolute Gasteiger partial charge is 0.437 e. The van der Waals surface area contributed by atoms with Crippen LogP contribution in [0.3, 0.4) is 0 Å². The first-order valence-corrected chi connectivity index (χ1v) is 10.9. The zero-order valence-corrected chi connectivity index (χ0v) is 18.5. The third-order valence-corrected chi connectivity index (χ3v) is 6.79. The Bertz CT molecular complexity index is 1290. The van der Waals surface area contributed by atoms with Crippen LogP contribution < -0.4 is 0 Å². The summed E-state index contributed by atoms with van der Waals surface area (Å²) in [5, 5.41) is 2.07. The SMILES string of the molecule is [2H]C1(c2ccnc(-c3cccc4c3oc3nc(C)ccc34)c2)C(C)(C)CCCC1(C)C. The van der Waals surface area contributed by atoms with E-state index in [1.807, 2.05) is 31.3 Å². The molecule has 0 saturated heterocycles. The molecule has 3 heteroatoms. The maximum atomic E-state index is 9.74. The Morgan fingerprint density at radius 1 is 1.00 bits per heavy atom. The molecular formula is C27H30N2O. The Hall–Kier alpha value is -2.68. The van der Waals surface area contributed by atoms with Crippen molar-refractivity contribution in [2.24, 2.45) is 10.8 Å². The van der Waals surface area contributed by atoms with Crippen molar-refractivity contribution in [3.8, 4) is 11.3 Å². The quantitative estimate of drug-likeness (QED) is 0.347. The molecule has 1 aromatic carbocycles. The normalized spacial score (nSPS) is 20.4. The summed E-state index contributed by atoms with van der Waals surface area (Å²) in [7, 11) is 0. The van der Waals surface area contributed by atoms with Crippen LogP contribution in [0.15, 0.2) is 53.1 Å². The Labute approximate surface area is 179 Å². The van der Waals surface area contributed by atoms with E-state index in [9.17, 15) is 1.37 Å². The van der Waals surface area contributed by atoms with Gasteiger partial charge in [0.2, 0.25) is 5.71 Å². The number of para-hydroxylation sites is 1. The van der Waals surface area contributed by atoms with E-state index in [1.54, 1.807) is 0 Å². The summed E-state index contributed by atoms with van der Waals surface area (Å²) < 4.78 is 16.0. The number of hydrogen-bond donors (Lipinski definition) is 0. The zero-order valence-electron chi connectivity index (χ0n) is 19.5. The molecule has 0 aliphatic heterocycles. The minimum atomic E-state index is -0.698. The van der Waals surface area contributed by atoms with Gasteiger partial charge in [-0.3, -0.25) is 4.98 Å². The fraction of sp³-hybridized carbons (Fsp3) is 0.407. The highest BCUT2D eigenvalue weighted by Crippen LogP contribution is 2.56. The van der Waals surface area contributed by atoms with Crippen LogP contribution in [-0.2, 0) is 0 Å². The van der Waals surface area contributed by atoms with E-state index < -0.39 is 5.89 Å². The number of aryl methyl sites for hydroxylation is 1. The molecular weight excluding hydrogens is 368 g/mol. The molecule has 0 amide bonds. The second-order valence-corrected chi connectivity index (χ2v) is 10.0. The van der Waals surface area contributed by atoms with Crippen LogP contribution in [0.1, 0.15) is 65.5 Å². The van der Waals surface area contributed by atoms with Gasteiger partial charge in [0, 0.05) is 29.6 Å². The van der Waals surface area contributed by atoms with Gasteiger partial charge in [-0.15, -0.1) is 0 Å². The monoisotopic (exact) mass is 399 g/mol. The maximum Gasteiger partial charge on any atom is 0.227 e. The van der Waals surface area contributed by atoms with Crippen molar-refractivity contribution in [3.05, 3.63) is 59.9 Å². The number of rotatable bonds is 2. The average molecular weight is 400 g/mol. The minimum absolute atomic E-state index is 0.125. The van der Waals surface area contributed by atoms with Crippen molar-refractivity contribution in [3.63, 3.8) is 0 Å². The second kappa shape index (κ2) is 6.66. The summed E-state index contributed by atoms with van der Waals surface area (Å²) in [6, 6.07) is 14.4. The van der Waals surface area contributed by atoms with Crippen molar-refractivity contribution in [2.45, 2.75) is 59.8 Å². The molecule has 0 unspecified atom stereocenters. The number of nitrogens with zero attached hydrogens (tertiary/aromatic N) is 2. The number of benzene rings is 1. The fourth-order valence-electron chi connectivity index (χ4n) is 5.63. The van der Waals surface area contributed by atoms with Crippen LogP contribution in [0.2, 0.25) is 0 Å². The Balaban J connectivity index is 1.71. The van der Waals surface area contributed by atoms with Gasteiger partial charge in [0.1, 0.15) is 5.58 Å². The number of hydrogen-bond acceptors (Lipinski definition) is 3. The van der Waals surface area contributed by atoms with Crippen molar-refractivity contribution < 1.29 is 5.79 Å². The summed E-state index contributed by atoms with van der Waals surface area (Å²) in [5.41, 5.74) is 4.99. The topological polar surface area (TPSA) is 38.9 Å². The van der Waals surface area contributed by atoms with E-state index in [0.717, 1.165) is 51.7 Å². The molecule has 3 aromatic heterocycles. The molecule has 3 heterocycles. The van der Waals surface area contributed by atoms with Crippen molar-refractivity contribution >= 4 is 22.1 Å². The lowest BCUT2D eigenvalue weighted by Crippen LogP contribution is -2.38. The van der Waals surface area contributed by atoms with E-state index in [2.05, 4.69) is 56.9 Å². The Kier molecular flexibility index (Phi) is 4.02. The van der Waals surface area contributed by atoms with E-state index in [-0.39, 0.29) is 10.8 Å². The van der Waals surface area contributed by atoms with Gasteiger partial charge in [-0.25, -0.2) is 4.98 Å². The van der Waals surface area contributed by atoms with Crippen LogP contribution in [0.25, 0.3) is 33.3 Å². The highest BCUT2D eigenvalue weighted by Gasteiger charge is 2.44. The molecule has 154 valence electrons. The molecule has 30 heavy (non-hydrogen) atoms. The molecule has 0 bridgehead atoms. The molecule has 1 fully saturated rings. The van der Waals surface area contributed by atoms with E-state index >= 15 is 0 Å². The van der Waals surface area contributed by atoms with Crippen LogP contribution in [0, 0.1) is 17.8 Å². The number of aromatic nitrogens is 2. The van der Waals surface area contributed by atoms with Crippen molar-refractivity contribution in [2.75, 3.05) is 0 Å². The summed E-state index contributed by atoms with van der Waals surface area (Å²) in [6.07, 6.45) is 5.14. The summed E-state index contributed by atoms with van der Waals surface area (Å²) >= 11 is 0. The predicted molar refractivity (Wildman–Crippen MR) is 124 cm³/mol. The van der Waals surface area contributed by atoms with Gasteiger partial charge in [0.05, 0.1) is 5.69 Å². The number of pyridine rings is 2. The lowest BCUT2D eigenvalue weighted by atomic mass is 9.55. The van der Waals surface area contributed by atoms with Gasteiger partial charge in [-0.1, -0.05) is 46.2 Å². The second-order valence-electron chi connectivity index (χ2n) is 10.0. The number of furan rings is 1. The molecule has 1 saturated carbocycles. The Morgan fingerprint density at radius 2 is 1.77 bits per heavy atom. The van der Waals surface area contributed by atoms with Crippen molar-refractivity contribution in [1.82, 2.24) is 9.97 Å². The molecule has 0 spiro atoms. The van der Waals surface area contributed by atoms with E-state index in [0.29, 0.717) is 5.71 Å². The Morgan fingerprint density at radius 3 is 2.53 bits per heavy atom. The third kappa shape index (κ3) is 3.03. The third-order valence-electron chi connectivity index (χ3n) is 6.79. The highest BCUT2D eigenvalue weighted by atomic mass is 16.3. The zero-order chi connectivity index (χ0) is 22.0. The first-order valence-electron chi connectivity index (χ1n) is 11.4. The van der Waals surface area contributed by atoms with Gasteiger partial charge in [0.25, 0.3) is 0 Å². The maximum absolute atomic E-state index is 9.74. The minimum Gasteiger partial charge on any atom is -0.437 e. The lowest BCUT2D eigenvalue weighted by molar-refractivity contribution is 0.0727. The van der Waals surface area contributed by atoms with Crippen LogP contribution >= 0.6 is 0 Å². The van der Waals surface area contributed by atoms with Crippen LogP contribution in [0.4, 0.5) is 0 Å². The molecule has 1 aliphatic rings. The molecule has 3 nitrogen and oxygen atoms in total. The first-order chi connectivity index (χ1) is 14.6. The number of fused-ring (bicyclic) bond motifs is 3. The predicted octanol–water partition coefficient (Wildman–Crippen LogP) is 7.67. The molecule has 0 N–H and O–H groups in total. The summed E-state index contributed by atoms with van der Waals surface area (Å²) in [4.78, 5) is 9.28. The average Bonchev–Trinajstić information content (AvgIpc) is 3.09. The van der Waals surface area contributed by atoms with Gasteiger partial charge < -0.3 is 4.42 Å². The van der Waals surface area contributed by atoms with Crippen LogP contribution in [-0.4, -0.2) is 9.97 Å². The fourth-order valence-corrected chi connectivity index (χ4v) is 5.63. The standard InChI is InChI=1S/C27H30N2O/c1-17-10-11-20-19-8-6-9-21(23(19)30-25(20)29-17)22-16-18(12-15-28-22)24-26(2,3)13-7-14-27(24,4)5/h6,8-12,15-16,24H,7,13-14H2,1-5H3/i24D.